The Morgan fingerprint density at radius 1 is 0.882 bits per heavy atom. The number of methoxy groups -OCH3 is 2. The Bertz CT molecular complexity index is 1140. The van der Waals surface area contributed by atoms with Gasteiger partial charge in [-0.1, -0.05) is 30.3 Å². The molecule has 1 saturated heterocycles. The fourth-order valence-electron chi connectivity index (χ4n) is 4.94. The number of benzene rings is 2. The molecule has 176 valence electrons. The lowest BCUT2D eigenvalue weighted by atomic mass is 9.92. The summed E-state index contributed by atoms with van der Waals surface area (Å²) in [5.41, 5.74) is 4.30. The van der Waals surface area contributed by atoms with E-state index in [2.05, 4.69) is 15.1 Å². The molecule has 0 spiro atoms. The van der Waals surface area contributed by atoms with Crippen molar-refractivity contribution < 1.29 is 14.3 Å². The summed E-state index contributed by atoms with van der Waals surface area (Å²) in [7, 11) is 3.29. The number of carbonyl (C=O) groups is 1. The first kappa shape index (κ1) is 22.2. The maximum absolute atomic E-state index is 13.3. The van der Waals surface area contributed by atoms with Crippen LogP contribution >= 0.6 is 0 Å². The van der Waals surface area contributed by atoms with Crippen molar-refractivity contribution in [2.24, 2.45) is 5.92 Å². The first-order valence-corrected chi connectivity index (χ1v) is 11.8. The van der Waals surface area contributed by atoms with Gasteiger partial charge in [0.05, 0.1) is 19.9 Å². The van der Waals surface area contributed by atoms with Gasteiger partial charge in [0.25, 0.3) is 0 Å². The molecule has 7 heteroatoms. The van der Waals surface area contributed by atoms with E-state index in [4.69, 9.17) is 9.47 Å². The van der Waals surface area contributed by atoms with Crippen molar-refractivity contribution in [2.45, 2.75) is 25.8 Å². The fourth-order valence-corrected chi connectivity index (χ4v) is 4.94. The third-order valence-electron chi connectivity index (χ3n) is 6.92. The summed E-state index contributed by atoms with van der Waals surface area (Å²) in [4.78, 5) is 17.5. The van der Waals surface area contributed by atoms with E-state index >= 15 is 0 Å². The molecule has 0 radical (unpaired) electrons. The minimum absolute atomic E-state index is 0.0505. The average molecular weight is 459 g/mol. The Kier molecular flexibility index (Phi) is 6.34. The number of ether oxygens (including phenoxy) is 2. The summed E-state index contributed by atoms with van der Waals surface area (Å²) < 4.78 is 10.9. The minimum atomic E-state index is 0.0505. The Morgan fingerprint density at radius 2 is 1.59 bits per heavy atom. The van der Waals surface area contributed by atoms with Crippen LogP contribution in [0.4, 0.5) is 5.82 Å². The number of rotatable bonds is 5. The Balaban J connectivity index is 1.19. The van der Waals surface area contributed by atoms with E-state index in [1.807, 2.05) is 59.5 Å². The van der Waals surface area contributed by atoms with E-state index in [1.165, 1.54) is 5.56 Å². The summed E-state index contributed by atoms with van der Waals surface area (Å²) in [6.45, 7) is 2.99. The van der Waals surface area contributed by atoms with Gasteiger partial charge < -0.3 is 19.3 Å². The number of piperidine rings is 1. The molecule has 3 heterocycles. The topological polar surface area (TPSA) is 67.8 Å². The van der Waals surface area contributed by atoms with Crippen molar-refractivity contribution >= 4 is 11.7 Å². The van der Waals surface area contributed by atoms with Gasteiger partial charge in [0, 0.05) is 37.7 Å². The highest BCUT2D eigenvalue weighted by molar-refractivity contribution is 5.79. The van der Waals surface area contributed by atoms with Crippen LogP contribution in [0.2, 0.25) is 0 Å². The van der Waals surface area contributed by atoms with Crippen molar-refractivity contribution in [3.8, 4) is 22.8 Å². The van der Waals surface area contributed by atoms with Crippen LogP contribution < -0.4 is 14.4 Å². The van der Waals surface area contributed by atoms with Crippen LogP contribution in [0, 0.1) is 5.92 Å². The number of hydrogen-bond donors (Lipinski definition) is 0. The van der Waals surface area contributed by atoms with E-state index in [-0.39, 0.29) is 11.8 Å². The maximum atomic E-state index is 13.3. The van der Waals surface area contributed by atoms with Gasteiger partial charge in [0.1, 0.15) is 0 Å². The van der Waals surface area contributed by atoms with Crippen molar-refractivity contribution in [2.75, 3.05) is 38.8 Å². The predicted octanol–water partition coefficient (Wildman–Crippen LogP) is 3.96. The lowest BCUT2D eigenvalue weighted by Gasteiger charge is -2.36. The zero-order chi connectivity index (χ0) is 23.5. The van der Waals surface area contributed by atoms with Gasteiger partial charge in [-0.2, -0.15) is 0 Å². The molecule has 0 saturated carbocycles. The van der Waals surface area contributed by atoms with Gasteiger partial charge in [0.15, 0.2) is 17.3 Å². The van der Waals surface area contributed by atoms with Gasteiger partial charge in [-0.05, 0) is 54.7 Å². The van der Waals surface area contributed by atoms with E-state index in [0.29, 0.717) is 12.3 Å². The Labute approximate surface area is 200 Å². The lowest BCUT2D eigenvalue weighted by Crippen LogP contribution is -2.44. The molecule has 1 aromatic heterocycles. The molecule has 0 N–H and O–H groups in total. The second kappa shape index (κ2) is 9.71. The largest absolute Gasteiger partial charge is 0.493 e. The molecule has 1 amide bonds. The number of carbonyl (C=O) groups excluding carboxylic acids is 1. The molecular formula is C27H30N4O3. The van der Waals surface area contributed by atoms with Crippen LogP contribution in [0.25, 0.3) is 11.3 Å². The zero-order valence-corrected chi connectivity index (χ0v) is 19.7. The van der Waals surface area contributed by atoms with Crippen LogP contribution in [0.5, 0.6) is 11.5 Å². The van der Waals surface area contributed by atoms with E-state index in [0.717, 1.165) is 67.3 Å². The number of hydrogen-bond acceptors (Lipinski definition) is 6. The summed E-state index contributed by atoms with van der Waals surface area (Å²) >= 11 is 0. The Morgan fingerprint density at radius 3 is 2.24 bits per heavy atom. The smallest absolute Gasteiger partial charge is 0.226 e. The second-order valence-corrected chi connectivity index (χ2v) is 8.89. The van der Waals surface area contributed by atoms with Gasteiger partial charge in [-0.15, -0.1) is 10.2 Å². The molecule has 0 bridgehead atoms. The number of fused-ring (bicyclic) bond motifs is 1. The quantitative estimate of drug-likeness (QED) is 0.577. The monoisotopic (exact) mass is 458 g/mol. The van der Waals surface area contributed by atoms with Crippen molar-refractivity contribution in [3.05, 3.63) is 65.7 Å². The SMILES string of the molecule is COc1cc2c(cc1OC)CN(C(=O)C1CCN(c3ccc(-c4ccccc4)nn3)CC1)CC2. The molecule has 0 atom stereocenters. The highest BCUT2D eigenvalue weighted by Gasteiger charge is 2.31. The lowest BCUT2D eigenvalue weighted by molar-refractivity contribution is -0.137. The van der Waals surface area contributed by atoms with E-state index in [1.54, 1.807) is 14.2 Å². The predicted molar refractivity (Wildman–Crippen MR) is 131 cm³/mol. The zero-order valence-electron chi connectivity index (χ0n) is 19.7. The van der Waals surface area contributed by atoms with Crippen LogP contribution in [0.1, 0.15) is 24.0 Å². The first-order chi connectivity index (χ1) is 16.7. The molecule has 5 rings (SSSR count). The van der Waals surface area contributed by atoms with E-state index in [9.17, 15) is 4.79 Å². The van der Waals surface area contributed by atoms with Crippen molar-refractivity contribution in [1.82, 2.24) is 15.1 Å². The Hall–Kier alpha value is -3.61. The highest BCUT2D eigenvalue weighted by Crippen LogP contribution is 2.34. The van der Waals surface area contributed by atoms with Crippen LogP contribution in [0.15, 0.2) is 54.6 Å². The molecule has 7 nitrogen and oxygen atoms in total. The maximum Gasteiger partial charge on any atom is 0.226 e. The first-order valence-electron chi connectivity index (χ1n) is 11.8. The normalized spacial score (nSPS) is 16.2. The minimum Gasteiger partial charge on any atom is -0.493 e. The standard InChI is InChI=1S/C27H30N4O3/c1-33-24-16-21-12-15-31(18-22(21)17-25(24)34-2)27(32)20-10-13-30(14-11-20)26-9-8-23(28-29-26)19-6-4-3-5-7-19/h3-9,16-17,20H,10-15,18H2,1-2H3. The summed E-state index contributed by atoms with van der Waals surface area (Å²) in [5, 5.41) is 8.87. The third kappa shape index (κ3) is 4.42. The van der Waals surface area contributed by atoms with Gasteiger partial charge in [-0.3, -0.25) is 4.79 Å². The summed E-state index contributed by atoms with van der Waals surface area (Å²) in [6, 6.07) is 18.2. The van der Waals surface area contributed by atoms with Gasteiger partial charge in [0.2, 0.25) is 5.91 Å². The third-order valence-corrected chi connectivity index (χ3v) is 6.92. The molecule has 1 fully saturated rings. The molecule has 3 aromatic rings. The van der Waals surface area contributed by atoms with Gasteiger partial charge >= 0.3 is 0 Å². The van der Waals surface area contributed by atoms with Crippen molar-refractivity contribution in [3.63, 3.8) is 0 Å². The molecule has 0 unspecified atom stereocenters. The highest BCUT2D eigenvalue weighted by atomic mass is 16.5. The molecular weight excluding hydrogens is 428 g/mol. The van der Waals surface area contributed by atoms with Crippen LogP contribution in [-0.2, 0) is 17.8 Å². The number of amides is 1. The molecule has 2 aromatic carbocycles. The molecule has 2 aliphatic heterocycles. The number of nitrogens with zero attached hydrogens (tertiary/aromatic N) is 4. The fraction of sp³-hybridized carbons (Fsp3) is 0.370. The summed E-state index contributed by atoms with van der Waals surface area (Å²) in [6.07, 6.45) is 2.50. The molecule has 34 heavy (non-hydrogen) atoms. The van der Waals surface area contributed by atoms with Crippen molar-refractivity contribution in [1.29, 1.82) is 0 Å². The number of anilines is 1. The molecule has 2 aliphatic rings. The van der Waals surface area contributed by atoms with Crippen LogP contribution in [0.3, 0.4) is 0 Å². The average Bonchev–Trinajstić information content (AvgIpc) is 2.92. The van der Waals surface area contributed by atoms with Gasteiger partial charge in [-0.25, -0.2) is 0 Å². The summed E-state index contributed by atoms with van der Waals surface area (Å²) in [5.74, 6) is 2.63. The van der Waals surface area contributed by atoms with Crippen LogP contribution in [-0.4, -0.2) is 54.9 Å². The number of aromatic nitrogens is 2. The molecule has 0 aliphatic carbocycles. The second-order valence-electron chi connectivity index (χ2n) is 8.89. The van der Waals surface area contributed by atoms with E-state index < -0.39 is 0 Å².